The summed E-state index contributed by atoms with van der Waals surface area (Å²) in [6.07, 6.45) is 1.83. The number of furan rings is 1. The van der Waals surface area contributed by atoms with Crippen LogP contribution < -0.4 is 4.90 Å². The van der Waals surface area contributed by atoms with E-state index in [1.807, 2.05) is 36.4 Å². The van der Waals surface area contributed by atoms with Gasteiger partial charge >= 0.3 is 0 Å². The topological polar surface area (TPSA) is 154 Å². The Kier molecular flexibility index (Phi) is 8.49. The number of aliphatic hydroxyl groups is 3. The third-order valence-corrected chi connectivity index (χ3v) is 8.17. The average molecular weight is 573 g/mol. The van der Waals surface area contributed by atoms with Gasteiger partial charge in [-0.3, -0.25) is 19.7 Å². The molecule has 1 aliphatic heterocycles. The van der Waals surface area contributed by atoms with Gasteiger partial charge in [-0.25, -0.2) is 4.90 Å². The Labute approximate surface area is 242 Å². The maximum Gasteiger partial charge on any atom is 0.271 e. The Morgan fingerprint density at radius 1 is 1.10 bits per heavy atom. The van der Waals surface area contributed by atoms with Crippen LogP contribution >= 0.6 is 0 Å². The molecule has 218 valence electrons. The minimum Gasteiger partial charge on any atom is -0.459 e. The Morgan fingerprint density at radius 3 is 2.52 bits per heavy atom. The number of amides is 2. The van der Waals surface area contributed by atoms with Crippen LogP contribution in [-0.4, -0.2) is 44.8 Å². The lowest BCUT2D eigenvalue weighted by Gasteiger charge is -2.35. The molecule has 5 rings (SSSR count). The zero-order chi connectivity index (χ0) is 30.0. The summed E-state index contributed by atoms with van der Waals surface area (Å²) in [6.45, 7) is 1.15. The second-order valence-corrected chi connectivity index (χ2v) is 10.7. The van der Waals surface area contributed by atoms with E-state index in [1.54, 1.807) is 19.1 Å². The van der Waals surface area contributed by atoms with Crippen LogP contribution in [0.25, 0.3) is 11.6 Å². The molecular formula is C32H32N2O8. The molecular weight excluding hydrogens is 540 g/mol. The first-order valence-corrected chi connectivity index (χ1v) is 13.8. The first kappa shape index (κ1) is 29.1. The summed E-state index contributed by atoms with van der Waals surface area (Å²) in [5.74, 6) is -2.40. The van der Waals surface area contributed by atoms with Gasteiger partial charge in [0, 0.05) is 18.1 Å². The second-order valence-electron chi connectivity index (χ2n) is 10.7. The van der Waals surface area contributed by atoms with Crippen LogP contribution in [0, 0.1) is 27.9 Å². The quantitative estimate of drug-likeness (QED) is 0.139. The van der Waals surface area contributed by atoms with Crippen molar-refractivity contribution >= 4 is 34.8 Å². The van der Waals surface area contributed by atoms with Gasteiger partial charge < -0.3 is 19.7 Å². The summed E-state index contributed by atoms with van der Waals surface area (Å²) in [5.41, 5.74) is 3.00. The van der Waals surface area contributed by atoms with Crippen LogP contribution in [0.1, 0.15) is 43.3 Å². The van der Waals surface area contributed by atoms with Crippen LogP contribution in [0.4, 0.5) is 11.4 Å². The SMILES string of the molecule is CC1=C([C@H](O)CC/C(=C/c2ccc(CO)o2)c2ccccc2)[C@H](CO)[C@@H]2C(=O)N(c3cccc([N+](=O)[O-])c3)C(=O)[C@@H]2C1. The lowest BCUT2D eigenvalue weighted by Crippen LogP contribution is -2.38. The average Bonchev–Trinajstić information content (AvgIpc) is 3.55. The van der Waals surface area contributed by atoms with E-state index in [9.17, 15) is 35.0 Å². The molecule has 0 saturated carbocycles. The van der Waals surface area contributed by atoms with E-state index in [-0.39, 0.29) is 30.8 Å². The van der Waals surface area contributed by atoms with E-state index in [0.717, 1.165) is 21.6 Å². The maximum atomic E-state index is 13.6. The number of nitro benzene ring substituents is 1. The first-order chi connectivity index (χ1) is 20.2. The number of benzene rings is 2. The van der Waals surface area contributed by atoms with Crippen molar-refractivity contribution < 1.29 is 34.2 Å². The number of nitro groups is 1. The number of anilines is 1. The van der Waals surface area contributed by atoms with Gasteiger partial charge in [-0.15, -0.1) is 0 Å². The molecule has 2 amide bonds. The third-order valence-electron chi connectivity index (χ3n) is 8.17. The molecule has 1 saturated heterocycles. The van der Waals surface area contributed by atoms with E-state index >= 15 is 0 Å². The molecule has 0 radical (unpaired) electrons. The number of hydrogen-bond acceptors (Lipinski definition) is 8. The Hall–Kier alpha value is -4.38. The fourth-order valence-corrected chi connectivity index (χ4v) is 6.25. The number of fused-ring (bicyclic) bond motifs is 1. The number of carbonyl (C=O) groups excluding carboxylic acids is 2. The zero-order valence-corrected chi connectivity index (χ0v) is 23.1. The summed E-state index contributed by atoms with van der Waals surface area (Å²) < 4.78 is 5.65. The molecule has 10 nitrogen and oxygen atoms in total. The lowest BCUT2D eigenvalue weighted by molar-refractivity contribution is -0.384. The van der Waals surface area contributed by atoms with Crippen molar-refractivity contribution in [2.24, 2.45) is 17.8 Å². The minimum atomic E-state index is -0.991. The molecule has 1 aliphatic carbocycles. The molecule has 1 aromatic heterocycles. The predicted octanol–water partition coefficient (Wildman–Crippen LogP) is 4.50. The van der Waals surface area contributed by atoms with Crippen molar-refractivity contribution in [2.45, 2.75) is 38.9 Å². The smallest absolute Gasteiger partial charge is 0.271 e. The second kappa shape index (κ2) is 12.2. The van der Waals surface area contributed by atoms with E-state index in [2.05, 4.69) is 0 Å². The van der Waals surface area contributed by atoms with E-state index in [4.69, 9.17) is 4.42 Å². The van der Waals surface area contributed by atoms with Crippen LogP contribution in [-0.2, 0) is 16.2 Å². The van der Waals surface area contributed by atoms with Crippen molar-refractivity contribution in [3.05, 3.63) is 105 Å². The fraction of sp³-hybridized carbons (Fsp3) is 0.312. The van der Waals surface area contributed by atoms with Crippen molar-refractivity contribution in [3.63, 3.8) is 0 Å². The van der Waals surface area contributed by atoms with E-state index < -0.39 is 47.2 Å². The number of non-ortho nitro benzene ring substituents is 1. The molecule has 0 unspecified atom stereocenters. The number of hydrogen-bond donors (Lipinski definition) is 3. The standard InChI is InChI=1S/C32H32N2O8/c1-19-14-26-30(32(39)33(31(26)38)22-8-5-9-23(16-22)34(40)41)27(18-36)29(19)28(37)13-10-21(20-6-3-2-4-7-20)15-24-11-12-25(17-35)42-24/h2-9,11-12,15-16,26-28,30,35-37H,10,13-14,17-18H2,1H3/b21-15-/t26-,27+,28-,30-/m1/s1. The van der Waals surface area contributed by atoms with Gasteiger partial charge in [-0.2, -0.15) is 0 Å². The maximum absolute atomic E-state index is 13.6. The summed E-state index contributed by atoms with van der Waals surface area (Å²) in [7, 11) is 0. The number of rotatable bonds is 10. The molecule has 0 bridgehead atoms. The highest BCUT2D eigenvalue weighted by atomic mass is 16.6. The highest BCUT2D eigenvalue weighted by molar-refractivity contribution is 6.22. The van der Waals surface area contributed by atoms with Crippen molar-refractivity contribution in [1.29, 1.82) is 0 Å². The van der Waals surface area contributed by atoms with E-state index in [1.165, 1.54) is 24.3 Å². The van der Waals surface area contributed by atoms with Gasteiger partial charge in [0.05, 0.1) is 35.2 Å². The number of imide groups is 1. The fourth-order valence-electron chi connectivity index (χ4n) is 6.25. The largest absolute Gasteiger partial charge is 0.459 e. The van der Waals surface area contributed by atoms with Crippen LogP contribution in [0.2, 0.25) is 0 Å². The number of nitrogens with zero attached hydrogens (tertiary/aromatic N) is 2. The van der Waals surface area contributed by atoms with E-state index in [0.29, 0.717) is 23.5 Å². The lowest BCUT2D eigenvalue weighted by atomic mass is 9.68. The summed E-state index contributed by atoms with van der Waals surface area (Å²) >= 11 is 0. The Morgan fingerprint density at radius 2 is 1.86 bits per heavy atom. The molecule has 4 atom stereocenters. The Balaban J connectivity index is 1.40. The van der Waals surface area contributed by atoms with Crippen molar-refractivity contribution in [2.75, 3.05) is 11.5 Å². The van der Waals surface area contributed by atoms with Crippen LogP contribution in [0.5, 0.6) is 0 Å². The van der Waals surface area contributed by atoms with Gasteiger partial charge in [0.25, 0.3) is 5.69 Å². The highest BCUT2D eigenvalue weighted by Crippen LogP contribution is 2.47. The third kappa shape index (κ3) is 5.56. The van der Waals surface area contributed by atoms with Crippen LogP contribution in [0.3, 0.4) is 0 Å². The summed E-state index contributed by atoms with van der Waals surface area (Å²) in [4.78, 5) is 38.7. The van der Waals surface area contributed by atoms with Crippen molar-refractivity contribution in [1.82, 2.24) is 0 Å². The van der Waals surface area contributed by atoms with Crippen molar-refractivity contribution in [3.8, 4) is 0 Å². The number of aliphatic hydroxyl groups excluding tert-OH is 3. The predicted molar refractivity (Wildman–Crippen MR) is 155 cm³/mol. The van der Waals surface area contributed by atoms with Gasteiger partial charge in [0.1, 0.15) is 18.1 Å². The monoisotopic (exact) mass is 572 g/mol. The Bertz CT molecular complexity index is 1560. The zero-order valence-electron chi connectivity index (χ0n) is 23.1. The number of allylic oxidation sites excluding steroid dienone is 2. The van der Waals surface area contributed by atoms with Gasteiger partial charge in [-0.05, 0) is 67.2 Å². The molecule has 2 aliphatic rings. The minimum absolute atomic E-state index is 0.116. The van der Waals surface area contributed by atoms with Gasteiger partial charge in [0.15, 0.2) is 0 Å². The van der Waals surface area contributed by atoms with Gasteiger partial charge in [-0.1, -0.05) is 42.0 Å². The summed E-state index contributed by atoms with van der Waals surface area (Å²) in [6, 6.07) is 18.5. The molecule has 10 heteroatoms. The first-order valence-electron chi connectivity index (χ1n) is 13.8. The molecule has 1 fully saturated rings. The van der Waals surface area contributed by atoms with Gasteiger partial charge in [0.2, 0.25) is 11.8 Å². The highest BCUT2D eigenvalue weighted by Gasteiger charge is 2.55. The molecule has 3 aromatic rings. The molecule has 0 spiro atoms. The molecule has 3 N–H and O–H groups in total. The normalized spacial score (nSPS) is 21.6. The van der Waals surface area contributed by atoms with Crippen LogP contribution in [0.15, 0.2) is 82.3 Å². The molecule has 2 aromatic carbocycles. The molecule has 42 heavy (non-hydrogen) atoms. The summed E-state index contributed by atoms with van der Waals surface area (Å²) in [5, 5.41) is 42.6. The molecule has 2 heterocycles. The number of carbonyl (C=O) groups is 2.